The Morgan fingerprint density at radius 2 is 2.05 bits per heavy atom. The highest BCUT2D eigenvalue weighted by molar-refractivity contribution is 7.07. The Kier molecular flexibility index (Phi) is 4.33. The molecule has 1 saturated heterocycles. The second-order valence-electron chi connectivity index (χ2n) is 5.62. The van der Waals surface area contributed by atoms with Crippen LogP contribution in [-0.2, 0) is 13.0 Å². The third kappa shape index (κ3) is 3.58. The van der Waals surface area contributed by atoms with Crippen LogP contribution in [0.15, 0.2) is 40.0 Å². The number of hydrogen-bond acceptors (Lipinski definition) is 3. The summed E-state index contributed by atoms with van der Waals surface area (Å²) in [6, 6.07) is 5.80. The van der Waals surface area contributed by atoms with Crippen LogP contribution in [0.25, 0.3) is 0 Å². The zero-order valence-corrected chi connectivity index (χ0v) is 12.4. The number of thiophene rings is 1. The van der Waals surface area contributed by atoms with Crippen LogP contribution in [0, 0.1) is 5.92 Å². The lowest BCUT2D eigenvalue weighted by Gasteiger charge is -2.31. The Labute approximate surface area is 123 Å². The maximum absolute atomic E-state index is 11.0. The van der Waals surface area contributed by atoms with Gasteiger partial charge in [0.15, 0.2) is 0 Å². The first-order valence-electron chi connectivity index (χ1n) is 7.20. The molecule has 0 unspecified atom stereocenters. The van der Waals surface area contributed by atoms with Gasteiger partial charge in [-0.1, -0.05) is 6.07 Å². The Morgan fingerprint density at radius 1 is 1.20 bits per heavy atom. The third-order valence-corrected chi connectivity index (χ3v) is 4.80. The zero-order valence-electron chi connectivity index (χ0n) is 11.5. The van der Waals surface area contributed by atoms with Crippen molar-refractivity contribution in [1.29, 1.82) is 0 Å². The van der Waals surface area contributed by atoms with Crippen LogP contribution >= 0.6 is 11.3 Å². The van der Waals surface area contributed by atoms with Crippen LogP contribution in [0.5, 0.6) is 0 Å². The highest BCUT2D eigenvalue weighted by atomic mass is 32.1. The van der Waals surface area contributed by atoms with E-state index in [2.05, 4.69) is 26.7 Å². The summed E-state index contributed by atoms with van der Waals surface area (Å²) in [5.74, 6) is 0.750. The van der Waals surface area contributed by atoms with E-state index in [9.17, 15) is 4.79 Å². The summed E-state index contributed by atoms with van der Waals surface area (Å²) in [7, 11) is 0. The number of pyridine rings is 1. The van der Waals surface area contributed by atoms with Gasteiger partial charge in [-0.2, -0.15) is 11.3 Å². The number of aromatic amines is 1. The van der Waals surface area contributed by atoms with Crippen molar-refractivity contribution in [3.63, 3.8) is 0 Å². The minimum atomic E-state index is -0.0145. The van der Waals surface area contributed by atoms with E-state index >= 15 is 0 Å². The molecule has 20 heavy (non-hydrogen) atoms. The van der Waals surface area contributed by atoms with Crippen molar-refractivity contribution in [1.82, 2.24) is 9.88 Å². The van der Waals surface area contributed by atoms with Gasteiger partial charge in [0.25, 0.3) is 0 Å². The van der Waals surface area contributed by atoms with Crippen molar-refractivity contribution in [3.8, 4) is 0 Å². The van der Waals surface area contributed by atoms with Crippen molar-refractivity contribution in [2.75, 3.05) is 13.1 Å². The molecule has 4 heteroatoms. The van der Waals surface area contributed by atoms with Gasteiger partial charge in [0, 0.05) is 18.8 Å². The maximum atomic E-state index is 11.0. The van der Waals surface area contributed by atoms with Gasteiger partial charge in [-0.3, -0.25) is 9.69 Å². The molecular weight excluding hydrogens is 268 g/mol. The van der Waals surface area contributed by atoms with E-state index in [1.165, 1.54) is 37.1 Å². The molecule has 1 aliphatic heterocycles. The summed E-state index contributed by atoms with van der Waals surface area (Å²) >= 11 is 1.78. The molecule has 1 aliphatic rings. The van der Waals surface area contributed by atoms with Gasteiger partial charge in [-0.25, -0.2) is 0 Å². The van der Waals surface area contributed by atoms with Crippen LogP contribution in [-0.4, -0.2) is 23.0 Å². The summed E-state index contributed by atoms with van der Waals surface area (Å²) < 4.78 is 0. The van der Waals surface area contributed by atoms with Gasteiger partial charge < -0.3 is 4.98 Å². The number of H-pyrrole nitrogens is 1. The van der Waals surface area contributed by atoms with Crippen molar-refractivity contribution >= 4 is 11.3 Å². The van der Waals surface area contributed by atoms with Crippen LogP contribution in [0.2, 0.25) is 0 Å². The van der Waals surface area contributed by atoms with Crippen molar-refractivity contribution in [2.24, 2.45) is 5.92 Å². The van der Waals surface area contributed by atoms with Gasteiger partial charge in [0.1, 0.15) is 0 Å². The normalized spacial score (nSPS) is 17.4. The molecule has 0 aliphatic carbocycles. The molecule has 0 atom stereocenters. The number of rotatable bonds is 4. The molecule has 2 aromatic rings. The fraction of sp³-hybridized carbons (Fsp3) is 0.438. The Hall–Kier alpha value is -1.39. The van der Waals surface area contributed by atoms with Gasteiger partial charge in [-0.05, 0) is 66.2 Å². The van der Waals surface area contributed by atoms with Crippen molar-refractivity contribution in [3.05, 3.63) is 56.6 Å². The molecule has 3 heterocycles. The average molecular weight is 288 g/mol. The Bertz CT molecular complexity index is 562. The standard InChI is InChI=1S/C16H20N2OS/c19-16-2-1-14(10-17-16)9-13-3-6-18(7-4-13)11-15-5-8-20-12-15/h1-2,5,8,10,12-13H,3-4,6-7,9,11H2,(H,17,19). The molecule has 106 valence electrons. The molecule has 0 radical (unpaired) electrons. The molecule has 0 spiro atoms. The first-order valence-corrected chi connectivity index (χ1v) is 8.15. The average Bonchev–Trinajstić information content (AvgIpc) is 2.96. The lowest BCUT2D eigenvalue weighted by Crippen LogP contribution is -2.33. The number of piperidine rings is 1. The van der Waals surface area contributed by atoms with E-state index in [1.54, 1.807) is 17.4 Å². The highest BCUT2D eigenvalue weighted by Crippen LogP contribution is 2.22. The first kappa shape index (κ1) is 13.6. The van der Waals surface area contributed by atoms with Gasteiger partial charge in [0.05, 0.1) is 0 Å². The molecule has 0 saturated carbocycles. The minimum Gasteiger partial charge on any atom is -0.329 e. The number of nitrogens with zero attached hydrogens (tertiary/aromatic N) is 1. The predicted octanol–water partition coefficient (Wildman–Crippen LogP) is 2.89. The molecule has 0 aromatic carbocycles. The van der Waals surface area contributed by atoms with Gasteiger partial charge in [-0.15, -0.1) is 0 Å². The zero-order chi connectivity index (χ0) is 13.8. The summed E-state index contributed by atoms with van der Waals surface area (Å²) in [6.45, 7) is 3.46. The van der Waals surface area contributed by atoms with E-state index in [-0.39, 0.29) is 5.56 Å². The third-order valence-electron chi connectivity index (χ3n) is 4.07. The second-order valence-corrected chi connectivity index (χ2v) is 6.40. The summed E-state index contributed by atoms with van der Waals surface area (Å²) in [4.78, 5) is 16.4. The number of likely N-dealkylation sites (tertiary alicyclic amines) is 1. The van der Waals surface area contributed by atoms with Crippen LogP contribution in [0.3, 0.4) is 0 Å². The topological polar surface area (TPSA) is 36.1 Å². The summed E-state index contributed by atoms with van der Waals surface area (Å²) in [6.07, 6.45) is 5.45. The molecule has 3 nitrogen and oxygen atoms in total. The molecule has 2 aromatic heterocycles. The molecule has 1 N–H and O–H groups in total. The summed E-state index contributed by atoms with van der Waals surface area (Å²) in [5.41, 5.74) is 2.68. The molecule has 1 fully saturated rings. The van der Waals surface area contributed by atoms with E-state index in [0.717, 1.165) is 18.9 Å². The van der Waals surface area contributed by atoms with E-state index in [0.29, 0.717) is 0 Å². The Morgan fingerprint density at radius 3 is 2.70 bits per heavy atom. The Balaban J connectivity index is 1.48. The number of hydrogen-bond donors (Lipinski definition) is 1. The second kappa shape index (κ2) is 6.37. The minimum absolute atomic E-state index is 0.0145. The lowest BCUT2D eigenvalue weighted by atomic mass is 9.90. The monoisotopic (exact) mass is 288 g/mol. The molecule has 0 amide bonds. The molecule has 3 rings (SSSR count). The smallest absolute Gasteiger partial charge is 0.247 e. The molecule has 0 bridgehead atoms. The number of nitrogens with one attached hydrogen (secondary N) is 1. The quantitative estimate of drug-likeness (QED) is 0.939. The fourth-order valence-electron chi connectivity index (χ4n) is 2.89. The molecular formula is C16H20N2OS. The lowest BCUT2D eigenvalue weighted by molar-refractivity contribution is 0.177. The van der Waals surface area contributed by atoms with E-state index in [1.807, 2.05) is 12.3 Å². The van der Waals surface area contributed by atoms with E-state index < -0.39 is 0 Å². The summed E-state index contributed by atoms with van der Waals surface area (Å²) in [5, 5.41) is 4.39. The van der Waals surface area contributed by atoms with Gasteiger partial charge >= 0.3 is 0 Å². The predicted molar refractivity (Wildman–Crippen MR) is 83.1 cm³/mol. The fourth-order valence-corrected chi connectivity index (χ4v) is 3.55. The van der Waals surface area contributed by atoms with Gasteiger partial charge in [0.2, 0.25) is 5.56 Å². The van der Waals surface area contributed by atoms with E-state index in [4.69, 9.17) is 0 Å². The van der Waals surface area contributed by atoms with Crippen LogP contribution in [0.1, 0.15) is 24.0 Å². The SMILES string of the molecule is O=c1ccc(CC2CCN(Cc3ccsc3)CC2)c[nH]1. The number of aromatic nitrogens is 1. The maximum Gasteiger partial charge on any atom is 0.247 e. The first-order chi connectivity index (χ1) is 9.79. The highest BCUT2D eigenvalue weighted by Gasteiger charge is 2.19. The van der Waals surface area contributed by atoms with Crippen molar-refractivity contribution < 1.29 is 0 Å². The van der Waals surface area contributed by atoms with Crippen molar-refractivity contribution in [2.45, 2.75) is 25.8 Å². The van der Waals surface area contributed by atoms with Crippen LogP contribution in [0.4, 0.5) is 0 Å². The van der Waals surface area contributed by atoms with Crippen LogP contribution < -0.4 is 5.56 Å². The largest absolute Gasteiger partial charge is 0.329 e.